The number of halogens is 5. The second-order valence-corrected chi connectivity index (χ2v) is 8.53. The summed E-state index contributed by atoms with van der Waals surface area (Å²) in [6.45, 7) is 1.03. The maximum Gasteiger partial charge on any atom is 0.323 e. The zero-order valence-electron chi connectivity index (χ0n) is 20.4. The third-order valence-corrected chi connectivity index (χ3v) is 5.66. The van der Waals surface area contributed by atoms with Gasteiger partial charge in [0.1, 0.15) is 11.6 Å². The van der Waals surface area contributed by atoms with Crippen molar-refractivity contribution in [2.24, 2.45) is 0 Å². The number of amides is 2. The van der Waals surface area contributed by atoms with Crippen LogP contribution < -0.4 is 20.7 Å². The number of hydrogen-bond acceptors (Lipinski definition) is 6. The Morgan fingerprint density at radius 3 is 2.49 bits per heavy atom. The smallest absolute Gasteiger partial charge is 0.323 e. The average Bonchev–Trinajstić information content (AvgIpc) is 2.91. The third-order valence-electron chi connectivity index (χ3n) is 5.32. The van der Waals surface area contributed by atoms with Crippen molar-refractivity contribution >= 4 is 45.9 Å². The highest BCUT2D eigenvalue weighted by atomic mass is 35.5. The number of carbonyl (C=O) groups is 1. The van der Waals surface area contributed by atoms with Gasteiger partial charge in [0.2, 0.25) is 0 Å². The molecule has 0 saturated carbocycles. The molecule has 0 bridgehead atoms. The molecule has 204 valence electrons. The van der Waals surface area contributed by atoms with Crippen LogP contribution >= 0.6 is 11.6 Å². The molecule has 3 aromatic carbocycles. The molecule has 0 spiro atoms. The van der Waals surface area contributed by atoms with Crippen molar-refractivity contribution < 1.29 is 31.8 Å². The van der Waals surface area contributed by atoms with Crippen molar-refractivity contribution in [3.05, 3.63) is 77.2 Å². The topological polar surface area (TPSA) is 97.4 Å². The lowest BCUT2D eigenvalue weighted by Crippen LogP contribution is -2.19. The highest BCUT2D eigenvalue weighted by molar-refractivity contribution is 6.31. The predicted octanol–water partition coefficient (Wildman–Crippen LogP) is 7.19. The van der Waals surface area contributed by atoms with E-state index in [4.69, 9.17) is 21.1 Å². The summed E-state index contributed by atoms with van der Waals surface area (Å²) in [6, 6.07) is 11.2. The van der Waals surface area contributed by atoms with Crippen molar-refractivity contribution in [2.45, 2.75) is 12.6 Å². The Balaban J connectivity index is 1.46. The minimum absolute atomic E-state index is 0.0298. The lowest BCUT2D eigenvalue weighted by atomic mass is 10.1. The first-order chi connectivity index (χ1) is 18.7. The Morgan fingerprint density at radius 2 is 1.74 bits per heavy atom. The molecule has 39 heavy (non-hydrogen) atoms. The molecule has 1 heterocycles. The molecular weight excluding hydrogens is 542 g/mol. The van der Waals surface area contributed by atoms with Crippen molar-refractivity contribution in [1.29, 1.82) is 0 Å². The maximum absolute atomic E-state index is 14.5. The fourth-order valence-electron chi connectivity index (χ4n) is 3.47. The van der Waals surface area contributed by atoms with Crippen molar-refractivity contribution in [3.8, 4) is 11.5 Å². The number of nitrogens with one attached hydrogen (secondary N) is 3. The standard InChI is InChI=1S/C26H22ClF4N5O3/c1-38-9-8-32-23-13-33-20-7-4-16(12-21(20)36-23)39-22-11-15(3-6-19(22)28)35-26(37)34-14-2-5-18(27)17(10-14)24(29)25(30)31/h2-7,10-13,24-25H,8-9H2,1H3,(H,32,36)(H2,34,35,37). The quantitative estimate of drug-likeness (QED) is 0.139. The van der Waals surface area contributed by atoms with Gasteiger partial charge in [-0.25, -0.2) is 27.3 Å². The Bertz CT molecular complexity index is 1480. The van der Waals surface area contributed by atoms with Gasteiger partial charge in [-0.15, -0.1) is 0 Å². The van der Waals surface area contributed by atoms with Crippen molar-refractivity contribution in [1.82, 2.24) is 9.97 Å². The lowest BCUT2D eigenvalue weighted by molar-refractivity contribution is 0.0496. The molecule has 4 rings (SSSR count). The monoisotopic (exact) mass is 563 g/mol. The second-order valence-electron chi connectivity index (χ2n) is 8.12. The van der Waals surface area contributed by atoms with E-state index in [-0.39, 0.29) is 27.9 Å². The van der Waals surface area contributed by atoms with Gasteiger partial charge in [-0.3, -0.25) is 4.98 Å². The summed E-state index contributed by atoms with van der Waals surface area (Å²) in [5, 5.41) is 7.74. The molecule has 1 unspecified atom stereocenters. The first-order valence-corrected chi connectivity index (χ1v) is 11.9. The van der Waals surface area contributed by atoms with Crippen LogP contribution in [0.1, 0.15) is 11.7 Å². The molecule has 0 saturated heterocycles. The van der Waals surface area contributed by atoms with E-state index < -0.39 is 30.0 Å². The van der Waals surface area contributed by atoms with Crippen LogP contribution in [0.15, 0.2) is 60.8 Å². The highest BCUT2D eigenvalue weighted by Gasteiger charge is 2.24. The first-order valence-electron chi connectivity index (χ1n) is 11.5. The number of nitrogens with zero attached hydrogens (tertiary/aromatic N) is 2. The summed E-state index contributed by atoms with van der Waals surface area (Å²) >= 11 is 5.80. The molecular formula is C26H22ClF4N5O3. The minimum Gasteiger partial charge on any atom is -0.454 e. The molecule has 1 aromatic heterocycles. The second kappa shape index (κ2) is 12.6. The summed E-state index contributed by atoms with van der Waals surface area (Å²) in [5.41, 5.74) is 0.847. The van der Waals surface area contributed by atoms with Gasteiger partial charge in [-0.05, 0) is 42.5 Å². The van der Waals surface area contributed by atoms with Crippen LogP contribution in [0.25, 0.3) is 11.0 Å². The van der Waals surface area contributed by atoms with E-state index >= 15 is 0 Å². The van der Waals surface area contributed by atoms with E-state index in [2.05, 4.69) is 25.9 Å². The van der Waals surface area contributed by atoms with Gasteiger partial charge in [0, 0.05) is 47.7 Å². The van der Waals surface area contributed by atoms with Gasteiger partial charge in [0.15, 0.2) is 17.7 Å². The van der Waals surface area contributed by atoms with Crippen molar-refractivity contribution in [2.75, 3.05) is 36.2 Å². The fraction of sp³-hybridized carbons (Fsp3) is 0.192. The third kappa shape index (κ3) is 7.24. The summed E-state index contributed by atoms with van der Waals surface area (Å²) in [5.74, 6) is -0.0603. The SMILES string of the molecule is COCCNc1cnc2ccc(Oc3cc(NC(=O)Nc4ccc(Cl)c(C(F)C(F)F)c4)ccc3F)cc2n1. The number of anilines is 3. The van der Waals surface area contributed by atoms with Crippen LogP contribution in [0.4, 0.5) is 39.5 Å². The number of aromatic nitrogens is 2. The zero-order valence-corrected chi connectivity index (χ0v) is 21.1. The van der Waals surface area contributed by atoms with Crippen LogP contribution in [0.2, 0.25) is 5.02 Å². The Kier molecular flexibility index (Phi) is 8.99. The Labute approximate surface area is 225 Å². The van der Waals surface area contributed by atoms with Crippen LogP contribution in [0, 0.1) is 5.82 Å². The molecule has 0 fully saturated rings. The Morgan fingerprint density at radius 1 is 1.00 bits per heavy atom. The van der Waals surface area contributed by atoms with Gasteiger partial charge in [-0.1, -0.05) is 11.6 Å². The first kappa shape index (κ1) is 27.9. The number of hydrogen-bond donors (Lipinski definition) is 3. The molecule has 0 aliphatic heterocycles. The van der Waals surface area contributed by atoms with E-state index in [9.17, 15) is 22.4 Å². The van der Waals surface area contributed by atoms with Gasteiger partial charge in [0.05, 0.1) is 23.8 Å². The number of fused-ring (bicyclic) bond motifs is 1. The molecule has 3 N–H and O–H groups in total. The molecule has 13 heteroatoms. The number of rotatable bonds is 10. The number of benzene rings is 3. The van der Waals surface area contributed by atoms with Crippen LogP contribution in [0.5, 0.6) is 11.5 Å². The summed E-state index contributed by atoms with van der Waals surface area (Å²) in [6.07, 6.45) is -4.31. The predicted molar refractivity (Wildman–Crippen MR) is 140 cm³/mol. The summed E-state index contributed by atoms with van der Waals surface area (Å²) in [7, 11) is 1.59. The Hall–Kier alpha value is -4.16. The molecule has 0 aliphatic carbocycles. The van der Waals surface area contributed by atoms with Crippen LogP contribution in [-0.2, 0) is 4.74 Å². The number of ether oxygens (including phenoxy) is 2. The lowest BCUT2D eigenvalue weighted by Gasteiger charge is -2.13. The maximum atomic E-state index is 14.5. The minimum atomic E-state index is -3.28. The van der Waals surface area contributed by atoms with Gasteiger partial charge >= 0.3 is 6.03 Å². The molecule has 8 nitrogen and oxygen atoms in total. The van der Waals surface area contributed by atoms with Gasteiger partial charge in [-0.2, -0.15) is 0 Å². The zero-order chi connectivity index (χ0) is 27.9. The van der Waals surface area contributed by atoms with E-state index in [1.807, 2.05) is 0 Å². The van der Waals surface area contributed by atoms with Gasteiger partial charge < -0.3 is 25.4 Å². The number of urea groups is 1. The normalized spacial score (nSPS) is 11.9. The summed E-state index contributed by atoms with van der Waals surface area (Å²) < 4.78 is 64.5. The molecule has 2 amide bonds. The highest BCUT2D eigenvalue weighted by Crippen LogP contribution is 2.33. The largest absolute Gasteiger partial charge is 0.454 e. The van der Waals surface area contributed by atoms with Crippen LogP contribution in [-0.4, -0.2) is 42.7 Å². The van der Waals surface area contributed by atoms with Crippen molar-refractivity contribution in [3.63, 3.8) is 0 Å². The van der Waals surface area contributed by atoms with E-state index in [1.54, 1.807) is 31.5 Å². The molecule has 0 aliphatic rings. The number of methoxy groups -OCH3 is 1. The van der Waals surface area contributed by atoms with Gasteiger partial charge in [0.25, 0.3) is 6.43 Å². The average molecular weight is 564 g/mol. The molecule has 4 aromatic rings. The fourth-order valence-corrected chi connectivity index (χ4v) is 3.69. The molecule has 1 atom stereocenters. The van der Waals surface area contributed by atoms with E-state index in [0.717, 1.165) is 12.1 Å². The van der Waals surface area contributed by atoms with E-state index in [0.29, 0.717) is 30.0 Å². The van der Waals surface area contributed by atoms with E-state index in [1.165, 1.54) is 24.3 Å². The number of alkyl halides is 3. The number of carbonyl (C=O) groups excluding carboxylic acids is 1. The molecule has 0 radical (unpaired) electrons. The van der Waals surface area contributed by atoms with Crippen LogP contribution in [0.3, 0.4) is 0 Å². The summed E-state index contributed by atoms with van der Waals surface area (Å²) in [4.78, 5) is 21.2.